The fourth-order valence-electron chi connectivity index (χ4n) is 2.08. The van der Waals surface area contributed by atoms with Crippen LogP contribution in [0.5, 0.6) is 17.2 Å². The Kier molecular flexibility index (Phi) is 6.29. The molecular formula is C18H21NO4. The van der Waals surface area contributed by atoms with E-state index in [9.17, 15) is 0 Å². The Morgan fingerprint density at radius 1 is 1.00 bits per heavy atom. The van der Waals surface area contributed by atoms with Gasteiger partial charge in [0.15, 0.2) is 11.5 Å². The monoisotopic (exact) mass is 315 g/mol. The zero-order valence-electron chi connectivity index (χ0n) is 13.4. The van der Waals surface area contributed by atoms with Crippen LogP contribution < -0.4 is 14.2 Å². The Labute approximate surface area is 136 Å². The van der Waals surface area contributed by atoms with Crippen LogP contribution in [0.3, 0.4) is 0 Å². The van der Waals surface area contributed by atoms with Gasteiger partial charge in [-0.3, -0.25) is 0 Å². The molecule has 0 unspecified atom stereocenters. The van der Waals surface area contributed by atoms with Gasteiger partial charge in [-0.25, -0.2) is 0 Å². The molecule has 5 heteroatoms. The minimum absolute atomic E-state index is 0.404. The maximum absolute atomic E-state index is 8.59. The number of aryl methyl sites for hydroxylation is 1. The molecule has 0 atom stereocenters. The minimum atomic E-state index is 0.404. The normalized spacial score (nSPS) is 10.7. The minimum Gasteiger partial charge on any atom is -0.490 e. The van der Waals surface area contributed by atoms with Crippen LogP contribution in [0.2, 0.25) is 0 Å². The molecule has 0 saturated heterocycles. The maximum atomic E-state index is 8.59. The second-order valence-electron chi connectivity index (χ2n) is 4.90. The van der Waals surface area contributed by atoms with Crippen LogP contribution in [-0.2, 0) is 0 Å². The van der Waals surface area contributed by atoms with Gasteiger partial charge in [0.1, 0.15) is 19.0 Å². The van der Waals surface area contributed by atoms with E-state index in [4.69, 9.17) is 19.4 Å². The van der Waals surface area contributed by atoms with E-state index in [2.05, 4.69) is 5.16 Å². The van der Waals surface area contributed by atoms with Gasteiger partial charge in [0.25, 0.3) is 0 Å². The van der Waals surface area contributed by atoms with E-state index in [1.54, 1.807) is 18.2 Å². The van der Waals surface area contributed by atoms with Crippen molar-refractivity contribution in [2.75, 3.05) is 19.8 Å². The largest absolute Gasteiger partial charge is 0.490 e. The van der Waals surface area contributed by atoms with Gasteiger partial charge >= 0.3 is 0 Å². The Morgan fingerprint density at radius 3 is 2.57 bits per heavy atom. The number of rotatable bonds is 8. The zero-order chi connectivity index (χ0) is 16.5. The van der Waals surface area contributed by atoms with Gasteiger partial charge in [0, 0.05) is 5.56 Å². The van der Waals surface area contributed by atoms with Gasteiger partial charge < -0.3 is 19.4 Å². The van der Waals surface area contributed by atoms with Crippen molar-refractivity contribution in [2.45, 2.75) is 13.8 Å². The Hall–Kier alpha value is -2.69. The Balaban J connectivity index is 1.91. The zero-order valence-corrected chi connectivity index (χ0v) is 13.4. The Bertz CT molecular complexity index is 655. The highest BCUT2D eigenvalue weighted by Crippen LogP contribution is 2.28. The summed E-state index contributed by atoms with van der Waals surface area (Å²) in [5, 5.41) is 11.6. The topological polar surface area (TPSA) is 60.3 Å². The van der Waals surface area contributed by atoms with E-state index in [0.717, 1.165) is 16.9 Å². The SMILES string of the molecule is CCOc1cc(C=NO)ccc1OCCOc1cccc(C)c1. The molecule has 0 radical (unpaired) electrons. The lowest BCUT2D eigenvalue weighted by Gasteiger charge is -2.13. The van der Waals surface area contributed by atoms with Gasteiger partial charge in [-0.2, -0.15) is 0 Å². The fourth-order valence-corrected chi connectivity index (χ4v) is 2.08. The number of benzene rings is 2. The van der Waals surface area contributed by atoms with Crippen molar-refractivity contribution in [2.24, 2.45) is 5.16 Å². The third-order valence-corrected chi connectivity index (χ3v) is 3.07. The lowest BCUT2D eigenvalue weighted by molar-refractivity contribution is 0.208. The van der Waals surface area contributed by atoms with Crippen molar-refractivity contribution in [1.29, 1.82) is 0 Å². The summed E-state index contributed by atoms with van der Waals surface area (Å²) in [4.78, 5) is 0. The molecule has 2 aromatic carbocycles. The molecule has 0 spiro atoms. The number of hydrogen-bond acceptors (Lipinski definition) is 5. The number of ether oxygens (including phenoxy) is 3. The predicted molar refractivity (Wildman–Crippen MR) is 89.2 cm³/mol. The lowest BCUT2D eigenvalue weighted by Crippen LogP contribution is -2.10. The molecular weight excluding hydrogens is 294 g/mol. The highest BCUT2D eigenvalue weighted by atomic mass is 16.5. The van der Waals surface area contributed by atoms with Crippen LogP contribution >= 0.6 is 0 Å². The first-order valence-electron chi connectivity index (χ1n) is 7.49. The van der Waals surface area contributed by atoms with Crippen molar-refractivity contribution in [1.82, 2.24) is 0 Å². The van der Waals surface area contributed by atoms with Gasteiger partial charge in [0.2, 0.25) is 0 Å². The average Bonchev–Trinajstić information content (AvgIpc) is 2.54. The highest BCUT2D eigenvalue weighted by Gasteiger charge is 2.06. The second-order valence-corrected chi connectivity index (χ2v) is 4.90. The smallest absolute Gasteiger partial charge is 0.161 e. The van der Waals surface area contributed by atoms with E-state index in [0.29, 0.717) is 31.3 Å². The number of hydrogen-bond donors (Lipinski definition) is 1. The summed E-state index contributed by atoms with van der Waals surface area (Å²) in [6.07, 6.45) is 1.34. The van der Waals surface area contributed by atoms with E-state index in [1.165, 1.54) is 6.21 Å². The van der Waals surface area contributed by atoms with Crippen molar-refractivity contribution in [3.05, 3.63) is 53.6 Å². The number of nitrogens with zero attached hydrogens (tertiary/aromatic N) is 1. The molecule has 2 rings (SSSR count). The molecule has 0 amide bonds. The maximum Gasteiger partial charge on any atom is 0.161 e. The molecule has 1 N–H and O–H groups in total. The third-order valence-electron chi connectivity index (χ3n) is 3.07. The molecule has 23 heavy (non-hydrogen) atoms. The molecule has 0 aromatic heterocycles. The summed E-state index contributed by atoms with van der Waals surface area (Å²) in [6, 6.07) is 13.2. The summed E-state index contributed by atoms with van der Waals surface area (Å²) in [5.74, 6) is 2.07. The standard InChI is InChI=1S/C18H21NO4/c1-3-21-18-12-15(13-19-20)7-8-17(18)23-10-9-22-16-6-4-5-14(2)11-16/h4-8,11-13,20H,3,9-10H2,1-2H3. The molecule has 0 aliphatic heterocycles. The molecule has 122 valence electrons. The van der Waals surface area contributed by atoms with E-state index >= 15 is 0 Å². The summed E-state index contributed by atoms with van der Waals surface area (Å²) >= 11 is 0. The van der Waals surface area contributed by atoms with Crippen LogP contribution in [0, 0.1) is 6.92 Å². The predicted octanol–water partition coefficient (Wildman–Crippen LogP) is 3.66. The van der Waals surface area contributed by atoms with Crippen LogP contribution in [0.1, 0.15) is 18.1 Å². The number of oxime groups is 1. The van der Waals surface area contributed by atoms with Crippen LogP contribution in [0.15, 0.2) is 47.6 Å². The Morgan fingerprint density at radius 2 is 1.83 bits per heavy atom. The van der Waals surface area contributed by atoms with E-state index in [-0.39, 0.29) is 0 Å². The molecule has 0 saturated carbocycles. The molecule has 0 fully saturated rings. The van der Waals surface area contributed by atoms with Crippen molar-refractivity contribution >= 4 is 6.21 Å². The van der Waals surface area contributed by atoms with Crippen LogP contribution in [0.4, 0.5) is 0 Å². The first-order chi connectivity index (χ1) is 11.2. The van der Waals surface area contributed by atoms with Gasteiger partial charge in [0.05, 0.1) is 12.8 Å². The van der Waals surface area contributed by atoms with Gasteiger partial charge in [-0.05, 0) is 49.7 Å². The van der Waals surface area contributed by atoms with Crippen LogP contribution in [0.25, 0.3) is 0 Å². The highest BCUT2D eigenvalue weighted by molar-refractivity contribution is 5.80. The van der Waals surface area contributed by atoms with Crippen molar-refractivity contribution in [3.8, 4) is 17.2 Å². The molecule has 0 bridgehead atoms. The quantitative estimate of drug-likeness (QED) is 0.349. The summed E-state index contributed by atoms with van der Waals surface area (Å²) < 4.78 is 16.9. The third kappa shape index (κ3) is 5.21. The summed E-state index contributed by atoms with van der Waals surface area (Å²) in [5.41, 5.74) is 1.89. The van der Waals surface area contributed by atoms with Gasteiger partial charge in [-0.1, -0.05) is 17.3 Å². The molecule has 2 aromatic rings. The average molecular weight is 315 g/mol. The first-order valence-corrected chi connectivity index (χ1v) is 7.49. The first kappa shape index (κ1) is 16.7. The van der Waals surface area contributed by atoms with Gasteiger partial charge in [-0.15, -0.1) is 0 Å². The van der Waals surface area contributed by atoms with E-state index in [1.807, 2.05) is 38.1 Å². The van der Waals surface area contributed by atoms with Crippen LogP contribution in [-0.4, -0.2) is 31.2 Å². The van der Waals surface area contributed by atoms with E-state index < -0.39 is 0 Å². The van der Waals surface area contributed by atoms with Crippen molar-refractivity contribution < 1.29 is 19.4 Å². The summed E-state index contributed by atoms with van der Waals surface area (Å²) in [7, 11) is 0. The molecule has 0 aliphatic carbocycles. The second kappa shape index (κ2) is 8.68. The molecule has 0 aliphatic rings. The fraction of sp³-hybridized carbons (Fsp3) is 0.278. The van der Waals surface area contributed by atoms with Crippen molar-refractivity contribution in [3.63, 3.8) is 0 Å². The summed E-state index contributed by atoms with van der Waals surface area (Å²) in [6.45, 7) is 5.29. The lowest BCUT2D eigenvalue weighted by atomic mass is 10.2. The molecule has 5 nitrogen and oxygen atoms in total. The molecule has 0 heterocycles.